The Kier molecular flexibility index (Phi) is 7.91. The van der Waals surface area contributed by atoms with Gasteiger partial charge in [-0.2, -0.15) is 0 Å². The second-order valence-electron chi connectivity index (χ2n) is 7.19. The number of hydrogen-bond donors (Lipinski definition) is 0. The van der Waals surface area contributed by atoms with Crippen LogP contribution in [0.3, 0.4) is 0 Å². The largest absolute Gasteiger partial charge is 0.493 e. The Labute approximate surface area is 196 Å². The number of hydrogen-bond acceptors (Lipinski definition) is 7. The average Bonchev–Trinajstić information content (AvgIpc) is 3.13. The molecule has 9 nitrogen and oxygen atoms in total. The molecule has 10 heteroatoms. The third-order valence-electron chi connectivity index (χ3n) is 5.35. The molecule has 2 aromatic carbocycles. The second-order valence-corrected chi connectivity index (χ2v) is 7.63. The van der Waals surface area contributed by atoms with Gasteiger partial charge in [0.2, 0.25) is 5.91 Å². The Morgan fingerprint density at radius 2 is 1.67 bits per heavy atom. The first-order valence-corrected chi connectivity index (χ1v) is 10.4. The predicted octanol–water partition coefficient (Wildman–Crippen LogP) is 2.75. The summed E-state index contributed by atoms with van der Waals surface area (Å²) in [5, 5.41) is 0.475. The molecule has 0 N–H and O–H groups in total. The van der Waals surface area contributed by atoms with Crippen molar-refractivity contribution in [3.05, 3.63) is 53.1 Å². The van der Waals surface area contributed by atoms with Crippen molar-refractivity contribution in [3.8, 4) is 11.5 Å². The van der Waals surface area contributed by atoms with Gasteiger partial charge >= 0.3 is 0 Å². The summed E-state index contributed by atoms with van der Waals surface area (Å²) < 4.78 is 21.0. The fourth-order valence-electron chi connectivity index (χ4n) is 3.61. The van der Waals surface area contributed by atoms with Gasteiger partial charge < -0.3 is 23.8 Å². The lowest BCUT2D eigenvalue weighted by Gasteiger charge is -2.30. The van der Waals surface area contributed by atoms with Crippen LogP contribution in [0.4, 0.5) is 5.69 Å². The monoisotopic (exact) mass is 476 g/mol. The van der Waals surface area contributed by atoms with E-state index in [1.165, 1.54) is 39.4 Å². The standard InChI is InChI=1S/C23H25ClN2O7/c1-30-18-10-5-14(11-19(18)31-2)22(28)25(13-21(32-3)33-4)17-12-20(27)26(23(17)29)16-8-6-15(24)7-9-16/h5-11,17,21H,12-13H2,1-4H3. The molecule has 33 heavy (non-hydrogen) atoms. The second kappa shape index (κ2) is 10.7. The lowest BCUT2D eigenvalue weighted by Crippen LogP contribution is -2.49. The van der Waals surface area contributed by atoms with E-state index in [9.17, 15) is 14.4 Å². The van der Waals surface area contributed by atoms with Crippen LogP contribution in [-0.2, 0) is 19.1 Å². The lowest BCUT2D eigenvalue weighted by molar-refractivity contribution is -0.128. The molecule has 1 unspecified atom stereocenters. The minimum Gasteiger partial charge on any atom is -0.493 e. The van der Waals surface area contributed by atoms with E-state index in [1.54, 1.807) is 36.4 Å². The van der Waals surface area contributed by atoms with Gasteiger partial charge in [0, 0.05) is 24.8 Å². The van der Waals surface area contributed by atoms with Gasteiger partial charge in [-0.15, -0.1) is 0 Å². The van der Waals surface area contributed by atoms with Crippen LogP contribution in [0.1, 0.15) is 16.8 Å². The van der Waals surface area contributed by atoms with E-state index in [0.29, 0.717) is 22.2 Å². The zero-order chi connectivity index (χ0) is 24.1. The molecule has 0 aromatic heterocycles. The molecule has 0 aliphatic carbocycles. The Hall–Kier alpha value is -3.14. The van der Waals surface area contributed by atoms with Gasteiger partial charge in [0.1, 0.15) is 6.04 Å². The van der Waals surface area contributed by atoms with E-state index in [1.807, 2.05) is 0 Å². The highest BCUT2D eigenvalue weighted by Crippen LogP contribution is 2.31. The van der Waals surface area contributed by atoms with Crippen LogP contribution in [0.15, 0.2) is 42.5 Å². The third kappa shape index (κ3) is 5.11. The third-order valence-corrected chi connectivity index (χ3v) is 5.60. The van der Waals surface area contributed by atoms with E-state index in [0.717, 1.165) is 4.90 Å². The fourth-order valence-corrected chi connectivity index (χ4v) is 3.74. The number of ether oxygens (including phenoxy) is 4. The van der Waals surface area contributed by atoms with E-state index in [2.05, 4.69) is 0 Å². The highest BCUT2D eigenvalue weighted by Gasteiger charge is 2.45. The first kappa shape index (κ1) is 24.5. The highest BCUT2D eigenvalue weighted by atomic mass is 35.5. The van der Waals surface area contributed by atoms with Crippen molar-refractivity contribution in [2.75, 3.05) is 39.9 Å². The van der Waals surface area contributed by atoms with Crippen LogP contribution < -0.4 is 14.4 Å². The van der Waals surface area contributed by atoms with Crippen LogP contribution in [0.25, 0.3) is 0 Å². The quantitative estimate of drug-likeness (QED) is 0.405. The van der Waals surface area contributed by atoms with E-state index >= 15 is 0 Å². The van der Waals surface area contributed by atoms with E-state index in [-0.39, 0.29) is 18.5 Å². The lowest BCUT2D eigenvalue weighted by atomic mass is 10.1. The first-order chi connectivity index (χ1) is 15.8. The van der Waals surface area contributed by atoms with Crippen molar-refractivity contribution in [1.29, 1.82) is 0 Å². The van der Waals surface area contributed by atoms with Crippen LogP contribution >= 0.6 is 11.6 Å². The molecule has 1 fully saturated rings. The molecule has 0 spiro atoms. The molecule has 1 saturated heterocycles. The number of nitrogens with zero attached hydrogens (tertiary/aromatic N) is 2. The molecule has 1 heterocycles. The smallest absolute Gasteiger partial charge is 0.257 e. The number of halogens is 1. The van der Waals surface area contributed by atoms with Crippen molar-refractivity contribution in [2.45, 2.75) is 18.8 Å². The number of carbonyl (C=O) groups excluding carboxylic acids is 3. The van der Waals surface area contributed by atoms with E-state index in [4.69, 9.17) is 30.5 Å². The fraction of sp³-hybridized carbons (Fsp3) is 0.348. The molecule has 176 valence electrons. The van der Waals surface area contributed by atoms with Gasteiger partial charge in [-0.3, -0.25) is 14.4 Å². The number of imide groups is 1. The summed E-state index contributed by atoms with van der Waals surface area (Å²) in [5.74, 6) is -0.631. The molecule has 1 aliphatic heterocycles. The summed E-state index contributed by atoms with van der Waals surface area (Å²) in [6.45, 7) is -0.0711. The zero-order valence-electron chi connectivity index (χ0n) is 18.7. The normalized spacial score (nSPS) is 15.8. The van der Waals surface area contributed by atoms with Crippen molar-refractivity contribution < 1.29 is 33.3 Å². The minimum atomic E-state index is -1.04. The summed E-state index contributed by atoms with van der Waals surface area (Å²) in [6.07, 6.45) is -0.984. The van der Waals surface area contributed by atoms with Crippen molar-refractivity contribution in [2.24, 2.45) is 0 Å². The van der Waals surface area contributed by atoms with Gasteiger partial charge in [0.25, 0.3) is 11.8 Å². The number of amides is 3. The predicted molar refractivity (Wildman–Crippen MR) is 121 cm³/mol. The van der Waals surface area contributed by atoms with Crippen molar-refractivity contribution in [3.63, 3.8) is 0 Å². The SMILES string of the molecule is COc1ccc(C(=O)N(CC(OC)OC)C2CC(=O)N(c3ccc(Cl)cc3)C2=O)cc1OC. The van der Waals surface area contributed by atoms with Crippen LogP contribution in [0.2, 0.25) is 5.02 Å². The molecule has 3 amide bonds. The Morgan fingerprint density at radius 3 is 2.24 bits per heavy atom. The van der Waals surface area contributed by atoms with Crippen LogP contribution in [-0.4, -0.2) is 69.9 Å². The highest BCUT2D eigenvalue weighted by molar-refractivity contribution is 6.31. The molecular weight excluding hydrogens is 452 g/mol. The van der Waals surface area contributed by atoms with Gasteiger partial charge in [-0.05, 0) is 42.5 Å². The molecule has 1 aliphatic rings. The molecule has 0 radical (unpaired) electrons. The van der Waals surface area contributed by atoms with Crippen LogP contribution in [0.5, 0.6) is 11.5 Å². The molecule has 3 rings (SSSR count). The molecular formula is C23H25ClN2O7. The number of benzene rings is 2. The number of anilines is 1. The summed E-state index contributed by atoms with van der Waals surface area (Å²) in [7, 11) is 5.80. The number of methoxy groups -OCH3 is 4. The van der Waals surface area contributed by atoms with Crippen molar-refractivity contribution in [1.82, 2.24) is 4.90 Å². The molecule has 0 saturated carbocycles. The molecule has 0 bridgehead atoms. The topological polar surface area (TPSA) is 94.6 Å². The van der Waals surface area contributed by atoms with Gasteiger partial charge in [0.05, 0.1) is 32.9 Å². The zero-order valence-corrected chi connectivity index (χ0v) is 19.5. The Morgan fingerprint density at radius 1 is 1.03 bits per heavy atom. The Balaban J connectivity index is 1.97. The summed E-state index contributed by atoms with van der Waals surface area (Å²) in [6, 6.07) is 9.96. The van der Waals surface area contributed by atoms with E-state index < -0.39 is 30.1 Å². The summed E-state index contributed by atoms with van der Waals surface area (Å²) >= 11 is 5.93. The van der Waals surface area contributed by atoms with Gasteiger partial charge in [-0.1, -0.05) is 11.6 Å². The number of carbonyl (C=O) groups is 3. The maximum absolute atomic E-state index is 13.5. The Bertz CT molecular complexity index is 1020. The maximum Gasteiger partial charge on any atom is 0.257 e. The minimum absolute atomic E-state index is 0.0711. The first-order valence-electron chi connectivity index (χ1n) is 10.1. The van der Waals surface area contributed by atoms with Gasteiger partial charge in [-0.25, -0.2) is 4.90 Å². The van der Waals surface area contributed by atoms with Crippen molar-refractivity contribution >= 4 is 35.0 Å². The summed E-state index contributed by atoms with van der Waals surface area (Å²) in [5.41, 5.74) is 0.634. The van der Waals surface area contributed by atoms with Crippen LogP contribution in [0, 0.1) is 0 Å². The summed E-state index contributed by atoms with van der Waals surface area (Å²) in [4.78, 5) is 42.0. The molecule has 2 aromatic rings. The average molecular weight is 477 g/mol. The number of rotatable bonds is 9. The molecule has 1 atom stereocenters. The van der Waals surface area contributed by atoms with Gasteiger partial charge in [0.15, 0.2) is 17.8 Å². The maximum atomic E-state index is 13.5.